The van der Waals surface area contributed by atoms with Crippen LogP contribution in [0.15, 0.2) is 12.5 Å². The Bertz CT molecular complexity index is 250. The normalized spacial score (nSPS) is 16.8. The fourth-order valence-electron chi connectivity index (χ4n) is 1.32. The van der Waals surface area contributed by atoms with E-state index in [-0.39, 0.29) is 0 Å². The van der Waals surface area contributed by atoms with Crippen LogP contribution in [0.4, 0.5) is 0 Å². The molecule has 12 heavy (non-hydrogen) atoms. The van der Waals surface area contributed by atoms with Crippen molar-refractivity contribution in [3.05, 3.63) is 18.2 Å². The van der Waals surface area contributed by atoms with Gasteiger partial charge in [-0.3, -0.25) is 0 Å². The second kappa shape index (κ2) is 3.27. The van der Waals surface area contributed by atoms with E-state index < -0.39 is 0 Å². The molecule has 0 radical (unpaired) electrons. The molecule has 1 N–H and O–H groups in total. The molecule has 3 nitrogen and oxygen atoms in total. The van der Waals surface area contributed by atoms with Gasteiger partial charge in [0.25, 0.3) is 0 Å². The molecule has 1 aliphatic rings. The molecule has 0 spiro atoms. The highest BCUT2D eigenvalue weighted by molar-refractivity contribution is 4.99. The molecule has 0 bridgehead atoms. The summed E-state index contributed by atoms with van der Waals surface area (Å²) in [6, 6.07) is 0.783. The maximum atomic E-state index is 4.11. The number of nitrogens with zero attached hydrogens (tertiary/aromatic N) is 2. The lowest BCUT2D eigenvalue weighted by molar-refractivity contribution is 0.625. The van der Waals surface area contributed by atoms with Gasteiger partial charge in [-0.25, -0.2) is 4.98 Å². The SMILES string of the molecule is CCn1cncc1CNC1CC1. The Hall–Kier alpha value is -0.830. The molecule has 0 aliphatic heterocycles. The first-order valence-corrected chi connectivity index (χ1v) is 4.62. The van der Waals surface area contributed by atoms with Crippen LogP contribution in [0.2, 0.25) is 0 Å². The minimum atomic E-state index is 0.783. The van der Waals surface area contributed by atoms with Crippen LogP contribution in [-0.4, -0.2) is 15.6 Å². The van der Waals surface area contributed by atoms with E-state index in [0.717, 1.165) is 19.1 Å². The van der Waals surface area contributed by atoms with Gasteiger partial charge in [0.05, 0.1) is 12.0 Å². The summed E-state index contributed by atoms with van der Waals surface area (Å²) < 4.78 is 2.18. The zero-order valence-electron chi connectivity index (χ0n) is 7.45. The Morgan fingerprint density at radius 2 is 2.50 bits per heavy atom. The molecule has 66 valence electrons. The quantitative estimate of drug-likeness (QED) is 0.725. The molecule has 0 saturated heterocycles. The third-order valence-corrected chi connectivity index (χ3v) is 2.29. The van der Waals surface area contributed by atoms with Gasteiger partial charge in [0.2, 0.25) is 0 Å². The molecule has 0 aromatic carbocycles. The number of rotatable bonds is 4. The molecule has 1 fully saturated rings. The van der Waals surface area contributed by atoms with Gasteiger partial charge in [-0.15, -0.1) is 0 Å². The molecule has 1 aromatic rings. The number of aromatic nitrogens is 2. The van der Waals surface area contributed by atoms with Crippen molar-refractivity contribution in [2.24, 2.45) is 0 Å². The lowest BCUT2D eigenvalue weighted by Gasteiger charge is -2.05. The van der Waals surface area contributed by atoms with Crippen LogP contribution in [-0.2, 0) is 13.1 Å². The van der Waals surface area contributed by atoms with Gasteiger partial charge in [-0.05, 0) is 19.8 Å². The number of imidazole rings is 1. The second-order valence-electron chi connectivity index (χ2n) is 3.33. The first-order valence-electron chi connectivity index (χ1n) is 4.62. The fourth-order valence-corrected chi connectivity index (χ4v) is 1.32. The molecule has 1 heterocycles. The second-order valence-corrected chi connectivity index (χ2v) is 3.33. The summed E-state index contributed by atoms with van der Waals surface area (Å²) >= 11 is 0. The van der Waals surface area contributed by atoms with Crippen molar-refractivity contribution in [2.45, 2.75) is 38.9 Å². The van der Waals surface area contributed by atoms with Crippen molar-refractivity contribution in [3.63, 3.8) is 0 Å². The van der Waals surface area contributed by atoms with Crippen molar-refractivity contribution < 1.29 is 0 Å². The van der Waals surface area contributed by atoms with Gasteiger partial charge in [-0.1, -0.05) is 0 Å². The molecule has 1 aromatic heterocycles. The molecule has 0 atom stereocenters. The molecule has 3 heteroatoms. The van der Waals surface area contributed by atoms with Gasteiger partial charge >= 0.3 is 0 Å². The average Bonchev–Trinajstić information content (AvgIpc) is 2.81. The third kappa shape index (κ3) is 1.67. The van der Waals surface area contributed by atoms with Crippen molar-refractivity contribution >= 4 is 0 Å². The summed E-state index contributed by atoms with van der Waals surface area (Å²) in [7, 11) is 0. The Morgan fingerprint density at radius 3 is 3.17 bits per heavy atom. The van der Waals surface area contributed by atoms with Crippen LogP contribution in [0.1, 0.15) is 25.5 Å². The minimum absolute atomic E-state index is 0.783. The van der Waals surface area contributed by atoms with E-state index in [4.69, 9.17) is 0 Å². The summed E-state index contributed by atoms with van der Waals surface area (Å²) in [6.45, 7) is 4.13. The zero-order chi connectivity index (χ0) is 8.39. The van der Waals surface area contributed by atoms with E-state index >= 15 is 0 Å². The Labute approximate surface area is 72.8 Å². The van der Waals surface area contributed by atoms with E-state index in [0.29, 0.717) is 0 Å². The smallest absolute Gasteiger partial charge is 0.0948 e. The lowest BCUT2D eigenvalue weighted by atomic mass is 10.4. The summed E-state index contributed by atoms with van der Waals surface area (Å²) in [5.74, 6) is 0. The summed E-state index contributed by atoms with van der Waals surface area (Å²) in [5, 5.41) is 3.47. The Morgan fingerprint density at radius 1 is 1.67 bits per heavy atom. The van der Waals surface area contributed by atoms with Crippen LogP contribution < -0.4 is 5.32 Å². The van der Waals surface area contributed by atoms with Gasteiger partial charge in [0, 0.05) is 25.3 Å². The molecule has 1 aliphatic carbocycles. The molecule has 0 amide bonds. The summed E-state index contributed by atoms with van der Waals surface area (Å²) in [6.07, 6.45) is 6.53. The number of hydrogen-bond acceptors (Lipinski definition) is 2. The van der Waals surface area contributed by atoms with Crippen LogP contribution in [0.25, 0.3) is 0 Å². The molecular weight excluding hydrogens is 150 g/mol. The number of nitrogens with one attached hydrogen (secondary N) is 1. The monoisotopic (exact) mass is 165 g/mol. The topological polar surface area (TPSA) is 29.9 Å². The van der Waals surface area contributed by atoms with Crippen LogP contribution in [0.5, 0.6) is 0 Å². The minimum Gasteiger partial charge on any atom is -0.334 e. The maximum Gasteiger partial charge on any atom is 0.0948 e. The van der Waals surface area contributed by atoms with Crippen molar-refractivity contribution in [2.75, 3.05) is 0 Å². The average molecular weight is 165 g/mol. The molecule has 1 saturated carbocycles. The van der Waals surface area contributed by atoms with Gasteiger partial charge in [-0.2, -0.15) is 0 Å². The van der Waals surface area contributed by atoms with Crippen molar-refractivity contribution in [3.8, 4) is 0 Å². The predicted molar refractivity (Wildman–Crippen MR) is 47.8 cm³/mol. The van der Waals surface area contributed by atoms with E-state index in [1.54, 1.807) is 0 Å². The molecular formula is C9H15N3. The van der Waals surface area contributed by atoms with E-state index in [1.165, 1.54) is 18.5 Å². The van der Waals surface area contributed by atoms with E-state index in [9.17, 15) is 0 Å². The van der Waals surface area contributed by atoms with Crippen LogP contribution in [0, 0.1) is 0 Å². The predicted octanol–water partition coefficient (Wildman–Crippen LogP) is 1.15. The fraction of sp³-hybridized carbons (Fsp3) is 0.667. The zero-order valence-corrected chi connectivity index (χ0v) is 7.45. The summed E-state index contributed by atoms with van der Waals surface area (Å²) in [5.41, 5.74) is 1.30. The van der Waals surface area contributed by atoms with Crippen molar-refractivity contribution in [1.29, 1.82) is 0 Å². The first-order chi connectivity index (χ1) is 5.90. The standard InChI is InChI=1S/C9H15N3/c1-2-12-7-10-5-9(12)6-11-8-3-4-8/h5,7-8,11H,2-4,6H2,1H3. The van der Waals surface area contributed by atoms with E-state index in [1.807, 2.05) is 12.5 Å². The van der Waals surface area contributed by atoms with Crippen LogP contribution >= 0.6 is 0 Å². The Kier molecular flexibility index (Phi) is 2.13. The highest BCUT2D eigenvalue weighted by Crippen LogP contribution is 2.19. The number of aryl methyl sites for hydroxylation is 1. The third-order valence-electron chi connectivity index (χ3n) is 2.29. The first kappa shape index (κ1) is 7.80. The van der Waals surface area contributed by atoms with Crippen LogP contribution in [0.3, 0.4) is 0 Å². The summed E-state index contributed by atoms with van der Waals surface area (Å²) in [4.78, 5) is 4.11. The van der Waals surface area contributed by atoms with Crippen molar-refractivity contribution in [1.82, 2.24) is 14.9 Å². The number of hydrogen-bond donors (Lipinski definition) is 1. The maximum absolute atomic E-state index is 4.11. The lowest BCUT2D eigenvalue weighted by Crippen LogP contribution is -2.17. The largest absolute Gasteiger partial charge is 0.334 e. The highest BCUT2D eigenvalue weighted by atomic mass is 15.1. The molecule has 2 rings (SSSR count). The van der Waals surface area contributed by atoms with Gasteiger partial charge in [0.1, 0.15) is 0 Å². The Balaban J connectivity index is 1.91. The van der Waals surface area contributed by atoms with Gasteiger partial charge < -0.3 is 9.88 Å². The highest BCUT2D eigenvalue weighted by Gasteiger charge is 2.20. The molecule has 0 unspecified atom stereocenters. The van der Waals surface area contributed by atoms with E-state index in [2.05, 4.69) is 21.8 Å². The van der Waals surface area contributed by atoms with Gasteiger partial charge in [0.15, 0.2) is 0 Å².